The van der Waals surface area contributed by atoms with Crippen LogP contribution >= 0.6 is 0 Å². The summed E-state index contributed by atoms with van der Waals surface area (Å²) in [5.74, 6) is 0.429. The fraction of sp³-hybridized carbons (Fsp3) is 0.400. The summed E-state index contributed by atoms with van der Waals surface area (Å²) in [5, 5.41) is 18.6. The number of phenols is 2. The molecule has 0 saturated heterocycles. The van der Waals surface area contributed by atoms with E-state index in [0.29, 0.717) is 0 Å². The van der Waals surface area contributed by atoms with Crippen molar-refractivity contribution in [2.45, 2.75) is 26.2 Å². The first kappa shape index (κ1) is 11.8. The minimum atomic E-state index is -0.136. The molecular weight excluding hydrogens is 168 g/mol. The van der Waals surface area contributed by atoms with E-state index in [1.54, 1.807) is 6.07 Å². The molecule has 0 bridgehead atoms. The Hall–Kier alpha value is -1.22. The van der Waals surface area contributed by atoms with Gasteiger partial charge < -0.3 is 15.7 Å². The molecule has 0 aromatic heterocycles. The zero-order valence-corrected chi connectivity index (χ0v) is 8.13. The Kier molecular flexibility index (Phi) is 3.32. The molecule has 0 atom stereocenters. The second-order valence-electron chi connectivity index (χ2n) is 3.95. The van der Waals surface area contributed by atoms with Crippen molar-refractivity contribution >= 4 is 0 Å². The number of hydrogen-bond donors (Lipinski definition) is 2. The van der Waals surface area contributed by atoms with Crippen molar-refractivity contribution in [2.75, 3.05) is 0 Å². The number of benzene rings is 1. The highest BCUT2D eigenvalue weighted by Crippen LogP contribution is 2.32. The second-order valence-corrected chi connectivity index (χ2v) is 3.95. The summed E-state index contributed by atoms with van der Waals surface area (Å²) in [4.78, 5) is 0. The Morgan fingerprint density at radius 2 is 1.62 bits per heavy atom. The van der Waals surface area contributed by atoms with Gasteiger partial charge in [-0.3, -0.25) is 0 Å². The van der Waals surface area contributed by atoms with E-state index < -0.39 is 0 Å². The van der Waals surface area contributed by atoms with Crippen LogP contribution in [-0.2, 0) is 5.41 Å². The molecule has 0 aliphatic heterocycles. The van der Waals surface area contributed by atoms with Crippen LogP contribution in [0.4, 0.5) is 0 Å². The van der Waals surface area contributed by atoms with Crippen molar-refractivity contribution < 1.29 is 15.7 Å². The van der Waals surface area contributed by atoms with Crippen LogP contribution in [0.25, 0.3) is 0 Å². The third-order valence-electron chi connectivity index (χ3n) is 1.79. The molecular formula is C10H16O3. The van der Waals surface area contributed by atoms with E-state index in [9.17, 15) is 10.2 Å². The standard InChI is InChI=1S/C10H14O2.H2O/c1-10(2,3)8-6-7(11)4-5-9(8)12;/h4-6,11-12H,1-3H3;1H2. The smallest absolute Gasteiger partial charge is 0.119 e. The van der Waals surface area contributed by atoms with Gasteiger partial charge in [0.2, 0.25) is 0 Å². The lowest BCUT2D eigenvalue weighted by atomic mass is 9.86. The molecule has 0 saturated carbocycles. The molecule has 0 heterocycles. The van der Waals surface area contributed by atoms with E-state index in [1.807, 2.05) is 20.8 Å². The summed E-state index contributed by atoms with van der Waals surface area (Å²) < 4.78 is 0. The van der Waals surface area contributed by atoms with Crippen LogP contribution in [0.1, 0.15) is 26.3 Å². The van der Waals surface area contributed by atoms with Gasteiger partial charge in [0.05, 0.1) is 0 Å². The molecule has 74 valence electrons. The maximum Gasteiger partial charge on any atom is 0.119 e. The summed E-state index contributed by atoms with van der Waals surface area (Å²) in [7, 11) is 0. The van der Waals surface area contributed by atoms with Gasteiger partial charge in [0.15, 0.2) is 0 Å². The summed E-state index contributed by atoms with van der Waals surface area (Å²) in [5.41, 5.74) is 0.630. The van der Waals surface area contributed by atoms with Gasteiger partial charge in [0.25, 0.3) is 0 Å². The molecule has 1 aromatic rings. The van der Waals surface area contributed by atoms with Gasteiger partial charge in [0, 0.05) is 5.56 Å². The molecule has 0 radical (unpaired) electrons. The summed E-state index contributed by atoms with van der Waals surface area (Å²) in [6, 6.07) is 4.58. The lowest BCUT2D eigenvalue weighted by Crippen LogP contribution is -2.10. The van der Waals surface area contributed by atoms with Crippen molar-refractivity contribution in [1.82, 2.24) is 0 Å². The van der Waals surface area contributed by atoms with Crippen LogP contribution < -0.4 is 0 Å². The summed E-state index contributed by atoms with van der Waals surface area (Å²) in [6.07, 6.45) is 0. The third kappa shape index (κ3) is 2.63. The highest BCUT2D eigenvalue weighted by atomic mass is 16.3. The van der Waals surface area contributed by atoms with Crippen molar-refractivity contribution in [2.24, 2.45) is 0 Å². The number of phenolic OH excluding ortho intramolecular Hbond substituents is 2. The van der Waals surface area contributed by atoms with E-state index in [2.05, 4.69) is 0 Å². The van der Waals surface area contributed by atoms with E-state index in [4.69, 9.17) is 0 Å². The minimum absolute atomic E-state index is 0. The van der Waals surface area contributed by atoms with E-state index in [1.165, 1.54) is 12.1 Å². The lowest BCUT2D eigenvalue weighted by molar-refractivity contribution is 0.435. The Bertz CT molecular complexity index is 287. The zero-order valence-electron chi connectivity index (χ0n) is 8.13. The van der Waals surface area contributed by atoms with Crippen molar-refractivity contribution in [1.29, 1.82) is 0 Å². The SMILES string of the molecule is CC(C)(C)c1cc(O)ccc1O.O. The molecule has 0 amide bonds. The van der Waals surface area contributed by atoms with E-state index >= 15 is 0 Å². The Morgan fingerprint density at radius 3 is 2.00 bits per heavy atom. The van der Waals surface area contributed by atoms with Crippen LogP contribution in [0.15, 0.2) is 18.2 Å². The first-order chi connectivity index (χ1) is 5.41. The Labute approximate surface area is 78.0 Å². The zero-order chi connectivity index (χ0) is 9.35. The van der Waals surface area contributed by atoms with Gasteiger partial charge in [-0.05, 0) is 23.6 Å². The third-order valence-corrected chi connectivity index (χ3v) is 1.79. The maximum atomic E-state index is 9.46. The van der Waals surface area contributed by atoms with Crippen molar-refractivity contribution in [3.63, 3.8) is 0 Å². The van der Waals surface area contributed by atoms with Gasteiger partial charge in [-0.1, -0.05) is 20.8 Å². The Morgan fingerprint density at radius 1 is 1.08 bits per heavy atom. The molecule has 4 N–H and O–H groups in total. The molecule has 0 unspecified atom stereocenters. The van der Waals surface area contributed by atoms with Gasteiger partial charge >= 0.3 is 0 Å². The molecule has 1 rings (SSSR count). The molecule has 0 spiro atoms. The second kappa shape index (κ2) is 3.66. The first-order valence-electron chi connectivity index (χ1n) is 3.94. The van der Waals surface area contributed by atoms with Gasteiger partial charge in [-0.2, -0.15) is 0 Å². The van der Waals surface area contributed by atoms with Crippen LogP contribution in [0.5, 0.6) is 11.5 Å². The van der Waals surface area contributed by atoms with Crippen molar-refractivity contribution in [3.8, 4) is 11.5 Å². The average Bonchev–Trinajstić information content (AvgIpc) is 1.92. The van der Waals surface area contributed by atoms with Gasteiger partial charge in [-0.25, -0.2) is 0 Å². The topological polar surface area (TPSA) is 72.0 Å². The normalized spacial score (nSPS) is 10.7. The molecule has 0 aliphatic carbocycles. The van der Waals surface area contributed by atoms with Crippen molar-refractivity contribution in [3.05, 3.63) is 23.8 Å². The predicted octanol–water partition coefficient (Wildman–Crippen LogP) is 1.57. The fourth-order valence-corrected chi connectivity index (χ4v) is 1.12. The lowest BCUT2D eigenvalue weighted by Gasteiger charge is -2.20. The highest BCUT2D eigenvalue weighted by Gasteiger charge is 2.17. The predicted molar refractivity (Wildman–Crippen MR) is 52.1 cm³/mol. The van der Waals surface area contributed by atoms with E-state index in [-0.39, 0.29) is 22.4 Å². The Balaban J connectivity index is 0.00000144. The molecule has 3 heteroatoms. The van der Waals surface area contributed by atoms with E-state index in [0.717, 1.165) is 5.56 Å². The van der Waals surface area contributed by atoms with Crippen LogP contribution in [0, 0.1) is 0 Å². The van der Waals surface area contributed by atoms with Crippen LogP contribution in [0.3, 0.4) is 0 Å². The largest absolute Gasteiger partial charge is 0.508 e. The molecule has 0 fully saturated rings. The molecule has 1 aromatic carbocycles. The average molecular weight is 184 g/mol. The first-order valence-corrected chi connectivity index (χ1v) is 3.94. The number of aromatic hydroxyl groups is 2. The number of rotatable bonds is 0. The molecule has 0 aliphatic rings. The molecule has 13 heavy (non-hydrogen) atoms. The minimum Gasteiger partial charge on any atom is -0.508 e. The monoisotopic (exact) mass is 184 g/mol. The van der Waals surface area contributed by atoms with Gasteiger partial charge in [0.1, 0.15) is 11.5 Å². The van der Waals surface area contributed by atoms with Crippen LogP contribution in [0.2, 0.25) is 0 Å². The summed E-state index contributed by atoms with van der Waals surface area (Å²) >= 11 is 0. The fourth-order valence-electron chi connectivity index (χ4n) is 1.12. The maximum absolute atomic E-state index is 9.46. The van der Waals surface area contributed by atoms with Gasteiger partial charge in [-0.15, -0.1) is 0 Å². The highest BCUT2D eigenvalue weighted by molar-refractivity contribution is 5.42. The van der Waals surface area contributed by atoms with Crippen LogP contribution in [-0.4, -0.2) is 15.7 Å². The quantitative estimate of drug-likeness (QED) is 0.601. The number of hydrogen-bond acceptors (Lipinski definition) is 2. The molecule has 3 nitrogen and oxygen atoms in total. The summed E-state index contributed by atoms with van der Waals surface area (Å²) in [6.45, 7) is 5.96.